The van der Waals surface area contributed by atoms with Gasteiger partial charge in [-0.1, -0.05) is 39.7 Å². The molecule has 1 N–H and O–H groups in total. The standard InChI is InChI=1S/C15H12BrClFNO/c1-9(13-6-5-11(16)8-14(13)17)19-15(20)10-3-2-4-12(18)7-10/h2-9H,1H3,(H,19,20). The minimum atomic E-state index is -0.438. The molecule has 2 rings (SSSR count). The van der Waals surface area contributed by atoms with Gasteiger partial charge >= 0.3 is 0 Å². The summed E-state index contributed by atoms with van der Waals surface area (Å²) in [5, 5.41) is 3.36. The SMILES string of the molecule is CC(NC(=O)c1cccc(F)c1)c1ccc(Br)cc1Cl. The van der Waals surface area contributed by atoms with E-state index in [-0.39, 0.29) is 17.5 Å². The molecule has 0 fully saturated rings. The summed E-state index contributed by atoms with van der Waals surface area (Å²) < 4.78 is 14.0. The maximum atomic E-state index is 13.1. The highest BCUT2D eigenvalue weighted by Crippen LogP contribution is 2.26. The summed E-state index contributed by atoms with van der Waals surface area (Å²) in [4.78, 5) is 12.0. The van der Waals surface area contributed by atoms with Gasteiger partial charge in [-0.3, -0.25) is 4.79 Å². The monoisotopic (exact) mass is 355 g/mol. The van der Waals surface area contributed by atoms with E-state index in [4.69, 9.17) is 11.6 Å². The third-order valence-corrected chi connectivity index (χ3v) is 3.68. The Bertz CT molecular complexity index is 648. The van der Waals surface area contributed by atoms with Crippen molar-refractivity contribution in [1.82, 2.24) is 5.32 Å². The van der Waals surface area contributed by atoms with Crippen molar-refractivity contribution in [2.75, 3.05) is 0 Å². The molecular formula is C15H12BrClFNO. The largest absolute Gasteiger partial charge is 0.345 e. The summed E-state index contributed by atoms with van der Waals surface area (Å²) in [6.07, 6.45) is 0. The van der Waals surface area contributed by atoms with Gasteiger partial charge in [0, 0.05) is 15.1 Å². The van der Waals surface area contributed by atoms with Crippen molar-refractivity contribution in [3.8, 4) is 0 Å². The third-order valence-electron chi connectivity index (χ3n) is 2.86. The molecule has 0 aliphatic rings. The Hall–Kier alpha value is -1.39. The molecule has 20 heavy (non-hydrogen) atoms. The molecule has 1 atom stereocenters. The Kier molecular flexibility index (Phi) is 4.78. The zero-order chi connectivity index (χ0) is 14.7. The van der Waals surface area contributed by atoms with Gasteiger partial charge in [0.05, 0.1) is 6.04 Å². The fraction of sp³-hybridized carbons (Fsp3) is 0.133. The van der Waals surface area contributed by atoms with Crippen LogP contribution in [0.4, 0.5) is 4.39 Å². The molecule has 0 aliphatic heterocycles. The Morgan fingerprint density at radius 2 is 2.05 bits per heavy atom. The maximum absolute atomic E-state index is 13.1. The zero-order valence-electron chi connectivity index (χ0n) is 10.7. The number of rotatable bonds is 3. The van der Waals surface area contributed by atoms with Gasteiger partial charge < -0.3 is 5.32 Å². The maximum Gasteiger partial charge on any atom is 0.251 e. The van der Waals surface area contributed by atoms with E-state index < -0.39 is 5.82 Å². The second-order valence-corrected chi connectivity index (χ2v) is 5.69. The third kappa shape index (κ3) is 3.58. The lowest BCUT2D eigenvalue weighted by molar-refractivity contribution is 0.0939. The molecule has 0 aliphatic carbocycles. The lowest BCUT2D eigenvalue weighted by atomic mass is 10.1. The first kappa shape index (κ1) is 15.0. The van der Waals surface area contributed by atoms with E-state index in [9.17, 15) is 9.18 Å². The lowest BCUT2D eigenvalue weighted by Gasteiger charge is -2.16. The van der Waals surface area contributed by atoms with Crippen molar-refractivity contribution >= 4 is 33.4 Å². The summed E-state index contributed by atoms with van der Waals surface area (Å²) in [6, 6.07) is 10.7. The van der Waals surface area contributed by atoms with Crippen molar-refractivity contribution in [3.05, 3.63) is 68.9 Å². The predicted molar refractivity (Wildman–Crippen MR) is 81.4 cm³/mol. The van der Waals surface area contributed by atoms with E-state index in [1.165, 1.54) is 18.2 Å². The molecule has 0 aromatic heterocycles. The molecule has 1 unspecified atom stereocenters. The number of carbonyl (C=O) groups excluding carboxylic acids is 1. The van der Waals surface area contributed by atoms with Crippen LogP contribution in [0.15, 0.2) is 46.9 Å². The molecule has 5 heteroatoms. The average Bonchev–Trinajstić information content (AvgIpc) is 2.38. The number of hydrogen-bond donors (Lipinski definition) is 1. The topological polar surface area (TPSA) is 29.1 Å². The Morgan fingerprint density at radius 1 is 1.30 bits per heavy atom. The number of halogens is 3. The number of amides is 1. The number of nitrogens with one attached hydrogen (secondary N) is 1. The van der Waals surface area contributed by atoms with Crippen molar-refractivity contribution in [3.63, 3.8) is 0 Å². The normalized spacial score (nSPS) is 12.0. The summed E-state index contributed by atoms with van der Waals surface area (Å²) >= 11 is 9.47. The van der Waals surface area contributed by atoms with Crippen LogP contribution in [0, 0.1) is 5.82 Å². The van der Waals surface area contributed by atoms with Gasteiger partial charge in [-0.25, -0.2) is 4.39 Å². The minimum Gasteiger partial charge on any atom is -0.345 e. The van der Waals surface area contributed by atoms with Crippen LogP contribution in [0.3, 0.4) is 0 Å². The van der Waals surface area contributed by atoms with E-state index >= 15 is 0 Å². The van der Waals surface area contributed by atoms with E-state index in [1.54, 1.807) is 12.1 Å². The summed E-state index contributed by atoms with van der Waals surface area (Å²) in [6.45, 7) is 1.83. The fourth-order valence-electron chi connectivity index (χ4n) is 1.84. The molecule has 2 aromatic rings. The summed E-state index contributed by atoms with van der Waals surface area (Å²) in [5.74, 6) is -0.775. The Labute approximate surface area is 130 Å². The van der Waals surface area contributed by atoms with Crippen LogP contribution in [0.5, 0.6) is 0 Å². The van der Waals surface area contributed by atoms with Gasteiger partial charge in [0.1, 0.15) is 5.82 Å². The highest BCUT2D eigenvalue weighted by molar-refractivity contribution is 9.10. The van der Waals surface area contributed by atoms with E-state index in [0.29, 0.717) is 5.02 Å². The van der Waals surface area contributed by atoms with E-state index in [1.807, 2.05) is 19.1 Å². The van der Waals surface area contributed by atoms with Gasteiger partial charge in [0.15, 0.2) is 0 Å². The van der Waals surface area contributed by atoms with E-state index in [2.05, 4.69) is 21.2 Å². The van der Waals surface area contributed by atoms with Crippen LogP contribution in [0.1, 0.15) is 28.9 Å². The summed E-state index contributed by atoms with van der Waals surface area (Å²) in [5.41, 5.74) is 1.09. The van der Waals surface area contributed by atoms with Crippen LogP contribution in [0.2, 0.25) is 5.02 Å². The van der Waals surface area contributed by atoms with Gasteiger partial charge in [0.2, 0.25) is 0 Å². The van der Waals surface area contributed by atoms with E-state index in [0.717, 1.165) is 10.0 Å². The highest BCUT2D eigenvalue weighted by Gasteiger charge is 2.14. The Balaban J connectivity index is 2.15. The molecule has 0 saturated carbocycles. The van der Waals surface area contributed by atoms with Crippen LogP contribution >= 0.6 is 27.5 Å². The van der Waals surface area contributed by atoms with Crippen molar-refractivity contribution in [1.29, 1.82) is 0 Å². The van der Waals surface area contributed by atoms with Crippen LogP contribution < -0.4 is 5.32 Å². The number of benzene rings is 2. The molecule has 0 bridgehead atoms. The smallest absolute Gasteiger partial charge is 0.251 e. The molecule has 0 spiro atoms. The molecule has 2 nitrogen and oxygen atoms in total. The Morgan fingerprint density at radius 3 is 2.70 bits per heavy atom. The van der Waals surface area contributed by atoms with Crippen LogP contribution in [-0.4, -0.2) is 5.91 Å². The summed E-state index contributed by atoms with van der Waals surface area (Å²) in [7, 11) is 0. The van der Waals surface area contributed by atoms with Gasteiger partial charge in [0.25, 0.3) is 5.91 Å². The number of hydrogen-bond acceptors (Lipinski definition) is 1. The predicted octanol–water partition coefficient (Wildman–Crippen LogP) is 4.73. The van der Waals surface area contributed by atoms with Gasteiger partial charge in [-0.05, 0) is 42.8 Å². The van der Waals surface area contributed by atoms with Crippen molar-refractivity contribution in [2.45, 2.75) is 13.0 Å². The average molecular weight is 357 g/mol. The lowest BCUT2D eigenvalue weighted by Crippen LogP contribution is -2.26. The molecular weight excluding hydrogens is 345 g/mol. The van der Waals surface area contributed by atoms with Crippen LogP contribution in [0.25, 0.3) is 0 Å². The first-order valence-corrected chi connectivity index (χ1v) is 7.16. The molecule has 0 radical (unpaired) electrons. The van der Waals surface area contributed by atoms with Crippen LogP contribution in [-0.2, 0) is 0 Å². The second-order valence-electron chi connectivity index (χ2n) is 4.37. The molecule has 0 heterocycles. The molecule has 104 valence electrons. The highest BCUT2D eigenvalue weighted by atomic mass is 79.9. The zero-order valence-corrected chi connectivity index (χ0v) is 13.0. The van der Waals surface area contributed by atoms with Gasteiger partial charge in [-0.2, -0.15) is 0 Å². The molecule has 2 aromatic carbocycles. The number of carbonyl (C=O) groups is 1. The van der Waals surface area contributed by atoms with Crippen molar-refractivity contribution in [2.24, 2.45) is 0 Å². The molecule has 1 amide bonds. The quantitative estimate of drug-likeness (QED) is 0.846. The van der Waals surface area contributed by atoms with Crippen molar-refractivity contribution < 1.29 is 9.18 Å². The fourth-order valence-corrected chi connectivity index (χ4v) is 2.68. The molecule has 0 saturated heterocycles. The first-order valence-electron chi connectivity index (χ1n) is 5.99. The minimum absolute atomic E-state index is 0.272. The first-order chi connectivity index (χ1) is 9.47. The van der Waals surface area contributed by atoms with Gasteiger partial charge in [-0.15, -0.1) is 0 Å². The second kappa shape index (κ2) is 6.37.